The van der Waals surface area contributed by atoms with Crippen LogP contribution in [0.3, 0.4) is 0 Å². The molecule has 0 atom stereocenters. The Bertz CT molecular complexity index is 1090. The largest absolute Gasteiger partial charge is 0.383 e. The first-order valence-electron chi connectivity index (χ1n) is 8.34. The molecular weight excluding hydrogens is 358 g/mol. The van der Waals surface area contributed by atoms with Crippen molar-refractivity contribution in [1.29, 1.82) is 0 Å². The van der Waals surface area contributed by atoms with Gasteiger partial charge in [-0.05, 0) is 24.3 Å². The maximum Gasteiger partial charge on any atom is 0.192 e. The van der Waals surface area contributed by atoms with E-state index in [9.17, 15) is 0 Å². The summed E-state index contributed by atoms with van der Waals surface area (Å²) in [6.07, 6.45) is 5.30. The maximum atomic E-state index is 6.07. The summed E-state index contributed by atoms with van der Waals surface area (Å²) in [6, 6.07) is 11.5. The van der Waals surface area contributed by atoms with Crippen LogP contribution in [0, 0.1) is 0 Å². The second kappa shape index (κ2) is 7.55. The molecule has 3 aromatic heterocycles. The third-order valence-corrected chi connectivity index (χ3v) is 4.94. The molecule has 0 amide bonds. The fourth-order valence-electron chi connectivity index (χ4n) is 2.75. The zero-order chi connectivity index (χ0) is 18.6. The van der Waals surface area contributed by atoms with Crippen molar-refractivity contribution in [2.75, 3.05) is 5.73 Å². The molecule has 0 spiro atoms. The molecule has 27 heavy (non-hydrogen) atoms. The molecule has 0 bridgehead atoms. The van der Waals surface area contributed by atoms with Crippen molar-refractivity contribution >= 4 is 28.5 Å². The van der Waals surface area contributed by atoms with Gasteiger partial charge in [0.2, 0.25) is 0 Å². The zero-order valence-corrected chi connectivity index (χ0v) is 15.3. The molecule has 0 saturated heterocycles. The summed E-state index contributed by atoms with van der Waals surface area (Å²) in [7, 11) is 0. The Morgan fingerprint density at radius 2 is 1.89 bits per heavy atom. The van der Waals surface area contributed by atoms with Crippen molar-refractivity contribution in [3.8, 4) is 11.4 Å². The van der Waals surface area contributed by atoms with Crippen LogP contribution in [0.25, 0.3) is 22.3 Å². The van der Waals surface area contributed by atoms with Gasteiger partial charge in [0.25, 0.3) is 0 Å². The number of pyridine rings is 1. The Morgan fingerprint density at radius 1 is 1.07 bits per heavy atom. The summed E-state index contributed by atoms with van der Waals surface area (Å²) in [6.45, 7) is 4.44. The monoisotopic (exact) mass is 375 g/mol. The summed E-state index contributed by atoms with van der Waals surface area (Å²) in [5.74, 6) is 2.47. The molecule has 1 aromatic carbocycles. The number of fused-ring (bicyclic) bond motifs is 1. The average Bonchev–Trinajstić information content (AvgIpc) is 3.10. The van der Waals surface area contributed by atoms with Crippen LogP contribution in [-0.4, -0.2) is 29.7 Å². The summed E-state index contributed by atoms with van der Waals surface area (Å²) in [5, 5.41) is 10.3. The number of nitrogens with two attached hydrogens (primary N) is 1. The van der Waals surface area contributed by atoms with Crippen molar-refractivity contribution < 1.29 is 0 Å². The molecule has 0 radical (unpaired) electrons. The number of para-hydroxylation sites is 1. The van der Waals surface area contributed by atoms with Crippen LogP contribution >= 0.6 is 11.8 Å². The van der Waals surface area contributed by atoms with E-state index in [1.54, 1.807) is 12.4 Å². The molecule has 134 valence electrons. The first-order chi connectivity index (χ1) is 13.3. The van der Waals surface area contributed by atoms with Gasteiger partial charge in [-0.25, -0.2) is 9.97 Å². The van der Waals surface area contributed by atoms with E-state index >= 15 is 0 Å². The van der Waals surface area contributed by atoms with Crippen LogP contribution in [0.1, 0.15) is 5.82 Å². The molecule has 0 unspecified atom stereocenters. The SMILES string of the molecule is C=CCn1c(SCc2nc(N)c3ccccc3n2)nnc1-c1ccncc1. The second-order valence-electron chi connectivity index (χ2n) is 5.77. The highest BCUT2D eigenvalue weighted by atomic mass is 32.2. The van der Waals surface area contributed by atoms with Gasteiger partial charge in [-0.1, -0.05) is 30.0 Å². The minimum atomic E-state index is 0.487. The summed E-state index contributed by atoms with van der Waals surface area (Å²) in [5.41, 5.74) is 7.87. The third kappa shape index (κ3) is 3.52. The van der Waals surface area contributed by atoms with E-state index in [0.29, 0.717) is 23.9 Å². The maximum absolute atomic E-state index is 6.07. The highest BCUT2D eigenvalue weighted by Crippen LogP contribution is 2.26. The number of thioether (sulfide) groups is 1. The van der Waals surface area contributed by atoms with Gasteiger partial charge in [-0.2, -0.15) is 0 Å². The van der Waals surface area contributed by atoms with Crippen LogP contribution < -0.4 is 5.73 Å². The Balaban J connectivity index is 1.62. The molecular formula is C19H17N7S. The summed E-state index contributed by atoms with van der Waals surface area (Å²) >= 11 is 1.52. The standard InChI is InChI=1S/C19H17N7S/c1-2-11-26-18(13-7-9-21-10-8-13)24-25-19(26)27-12-16-22-15-6-4-3-5-14(15)17(20)23-16/h2-10H,1,11-12H2,(H2,20,22,23). The van der Waals surface area contributed by atoms with E-state index < -0.39 is 0 Å². The van der Waals surface area contributed by atoms with Gasteiger partial charge in [0, 0.05) is 29.9 Å². The van der Waals surface area contributed by atoms with Gasteiger partial charge in [0.15, 0.2) is 11.0 Å². The Hall–Kier alpha value is -3.26. The minimum absolute atomic E-state index is 0.487. The summed E-state index contributed by atoms with van der Waals surface area (Å²) < 4.78 is 2.01. The molecule has 0 fully saturated rings. The van der Waals surface area contributed by atoms with Crippen LogP contribution in [0.2, 0.25) is 0 Å². The quantitative estimate of drug-likeness (QED) is 0.408. The highest BCUT2D eigenvalue weighted by molar-refractivity contribution is 7.98. The Labute approximate surface area is 160 Å². The number of hydrogen-bond donors (Lipinski definition) is 1. The number of nitrogen functional groups attached to an aromatic ring is 1. The number of aromatic nitrogens is 6. The van der Waals surface area contributed by atoms with Gasteiger partial charge in [-0.15, -0.1) is 16.8 Å². The first kappa shape index (κ1) is 17.2. The molecule has 2 N–H and O–H groups in total. The molecule has 3 heterocycles. The molecule has 4 rings (SSSR count). The van der Waals surface area contributed by atoms with Gasteiger partial charge < -0.3 is 5.73 Å². The van der Waals surface area contributed by atoms with Crippen molar-refractivity contribution in [2.24, 2.45) is 0 Å². The first-order valence-corrected chi connectivity index (χ1v) is 9.33. The molecule has 7 nitrogen and oxygen atoms in total. The lowest BCUT2D eigenvalue weighted by Crippen LogP contribution is -2.02. The molecule has 8 heteroatoms. The van der Waals surface area contributed by atoms with Crippen LogP contribution in [0.5, 0.6) is 0 Å². The van der Waals surface area contributed by atoms with Crippen LogP contribution in [0.4, 0.5) is 5.82 Å². The predicted octanol–water partition coefficient (Wildman–Crippen LogP) is 3.34. The number of benzene rings is 1. The van der Waals surface area contributed by atoms with E-state index in [-0.39, 0.29) is 0 Å². The molecule has 0 aliphatic rings. The highest BCUT2D eigenvalue weighted by Gasteiger charge is 2.14. The minimum Gasteiger partial charge on any atom is -0.383 e. The van der Waals surface area contributed by atoms with Crippen LogP contribution in [0.15, 0.2) is 66.6 Å². The normalized spacial score (nSPS) is 11.0. The summed E-state index contributed by atoms with van der Waals surface area (Å²) in [4.78, 5) is 13.1. The predicted molar refractivity (Wildman–Crippen MR) is 107 cm³/mol. The lowest BCUT2D eigenvalue weighted by molar-refractivity contribution is 0.730. The van der Waals surface area contributed by atoms with Crippen molar-refractivity contribution in [1.82, 2.24) is 29.7 Å². The number of nitrogens with zero attached hydrogens (tertiary/aromatic N) is 6. The van der Waals surface area contributed by atoms with E-state index in [1.807, 2.05) is 47.0 Å². The molecule has 0 saturated carbocycles. The van der Waals surface area contributed by atoms with Crippen molar-refractivity contribution in [2.45, 2.75) is 17.5 Å². The number of rotatable bonds is 6. The Morgan fingerprint density at radius 3 is 2.70 bits per heavy atom. The van der Waals surface area contributed by atoms with Gasteiger partial charge in [0.05, 0.1) is 11.3 Å². The van der Waals surface area contributed by atoms with Crippen molar-refractivity contribution in [3.63, 3.8) is 0 Å². The number of allylic oxidation sites excluding steroid dienone is 1. The van der Waals surface area contributed by atoms with Gasteiger partial charge in [-0.3, -0.25) is 9.55 Å². The molecule has 0 aliphatic carbocycles. The van der Waals surface area contributed by atoms with E-state index in [2.05, 4.69) is 31.7 Å². The zero-order valence-electron chi connectivity index (χ0n) is 14.5. The second-order valence-corrected chi connectivity index (χ2v) is 6.71. The smallest absolute Gasteiger partial charge is 0.192 e. The van der Waals surface area contributed by atoms with Gasteiger partial charge >= 0.3 is 0 Å². The lowest BCUT2D eigenvalue weighted by atomic mass is 10.2. The van der Waals surface area contributed by atoms with Crippen molar-refractivity contribution in [3.05, 3.63) is 67.3 Å². The van der Waals surface area contributed by atoms with E-state index in [1.165, 1.54) is 11.8 Å². The van der Waals surface area contributed by atoms with E-state index in [4.69, 9.17) is 5.73 Å². The lowest BCUT2D eigenvalue weighted by Gasteiger charge is -2.08. The van der Waals surface area contributed by atoms with Crippen LogP contribution in [-0.2, 0) is 12.3 Å². The topological polar surface area (TPSA) is 95.4 Å². The number of hydrogen-bond acceptors (Lipinski definition) is 7. The average molecular weight is 375 g/mol. The molecule has 0 aliphatic heterocycles. The van der Waals surface area contributed by atoms with Gasteiger partial charge in [0.1, 0.15) is 11.6 Å². The fraction of sp³-hybridized carbons (Fsp3) is 0.105. The fourth-order valence-corrected chi connectivity index (χ4v) is 3.55. The number of anilines is 1. The molecule has 4 aromatic rings. The Kier molecular flexibility index (Phi) is 4.80. The third-order valence-electron chi connectivity index (χ3n) is 3.98. The van der Waals surface area contributed by atoms with E-state index in [0.717, 1.165) is 27.4 Å².